The van der Waals surface area contributed by atoms with Crippen LogP contribution in [0.2, 0.25) is 0 Å². The van der Waals surface area contributed by atoms with E-state index >= 15 is 0 Å². The standard InChI is InChI=1S/C13H27N3O/c1-14-10-7-12(17)15-11-13(16(2)3)8-5-4-6-9-13/h14H,4-11H2,1-3H3,(H,15,17). The zero-order valence-corrected chi connectivity index (χ0v) is 11.5. The number of hydrogen-bond acceptors (Lipinski definition) is 3. The van der Waals surface area contributed by atoms with Crippen LogP contribution in [0.1, 0.15) is 38.5 Å². The molecule has 0 spiro atoms. The first-order chi connectivity index (χ1) is 8.10. The van der Waals surface area contributed by atoms with E-state index in [0.29, 0.717) is 6.42 Å². The highest BCUT2D eigenvalue weighted by Crippen LogP contribution is 2.31. The van der Waals surface area contributed by atoms with Gasteiger partial charge in [0.25, 0.3) is 0 Å². The minimum absolute atomic E-state index is 0.158. The third-order valence-electron chi connectivity index (χ3n) is 3.95. The molecule has 1 saturated carbocycles. The van der Waals surface area contributed by atoms with Crippen molar-refractivity contribution in [1.29, 1.82) is 0 Å². The number of carbonyl (C=O) groups excluding carboxylic acids is 1. The van der Waals surface area contributed by atoms with E-state index in [-0.39, 0.29) is 11.4 Å². The van der Waals surface area contributed by atoms with Crippen molar-refractivity contribution in [1.82, 2.24) is 15.5 Å². The Morgan fingerprint density at radius 2 is 1.88 bits per heavy atom. The molecule has 0 radical (unpaired) electrons. The van der Waals surface area contributed by atoms with Gasteiger partial charge in [0.15, 0.2) is 0 Å². The number of nitrogens with one attached hydrogen (secondary N) is 2. The van der Waals surface area contributed by atoms with Crippen LogP contribution in [0.4, 0.5) is 0 Å². The van der Waals surface area contributed by atoms with Crippen molar-refractivity contribution in [2.75, 3.05) is 34.2 Å². The van der Waals surface area contributed by atoms with Gasteiger partial charge in [0.05, 0.1) is 0 Å². The molecule has 0 aromatic carbocycles. The molecule has 0 atom stereocenters. The molecule has 1 amide bonds. The molecule has 4 nitrogen and oxygen atoms in total. The molecule has 0 bridgehead atoms. The number of carbonyl (C=O) groups is 1. The quantitative estimate of drug-likeness (QED) is 0.728. The summed E-state index contributed by atoms with van der Waals surface area (Å²) in [4.78, 5) is 13.9. The molecule has 1 rings (SSSR count). The lowest BCUT2D eigenvalue weighted by atomic mass is 9.80. The molecule has 1 fully saturated rings. The van der Waals surface area contributed by atoms with E-state index in [2.05, 4.69) is 29.6 Å². The van der Waals surface area contributed by atoms with E-state index in [9.17, 15) is 4.79 Å². The van der Waals surface area contributed by atoms with Gasteiger partial charge in [-0.15, -0.1) is 0 Å². The van der Waals surface area contributed by atoms with Gasteiger partial charge in [-0.05, 0) is 34.0 Å². The highest BCUT2D eigenvalue weighted by atomic mass is 16.1. The van der Waals surface area contributed by atoms with Gasteiger partial charge in [0.1, 0.15) is 0 Å². The van der Waals surface area contributed by atoms with Crippen molar-refractivity contribution in [3.8, 4) is 0 Å². The topological polar surface area (TPSA) is 44.4 Å². The van der Waals surface area contributed by atoms with Gasteiger partial charge in [0, 0.05) is 25.0 Å². The zero-order valence-electron chi connectivity index (χ0n) is 11.5. The van der Waals surface area contributed by atoms with Crippen molar-refractivity contribution < 1.29 is 4.79 Å². The Morgan fingerprint density at radius 1 is 1.24 bits per heavy atom. The Kier molecular flexibility index (Phi) is 5.92. The highest BCUT2D eigenvalue weighted by Gasteiger charge is 2.34. The summed E-state index contributed by atoms with van der Waals surface area (Å²) in [6, 6.07) is 0. The summed E-state index contributed by atoms with van der Waals surface area (Å²) in [5, 5.41) is 6.09. The van der Waals surface area contributed by atoms with Crippen molar-refractivity contribution in [3.05, 3.63) is 0 Å². The van der Waals surface area contributed by atoms with E-state index < -0.39 is 0 Å². The van der Waals surface area contributed by atoms with Crippen molar-refractivity contribution in [2.45, 2.75) is 44.1 Å². The van der Waals surface area contributed by atoms with Crippen molar-refractivity contribution in [2.24, 2.45) is 0 Å². The maximum Gasteiger partial charge on any atom is 0.221 e. The van der Waals surface area contributed by atoms with Crippen LogP contribution in [0.25, 0.3) is 0 Å². The maximum absolute atomic E-state index is 11.6. The lowest BCUT2D eigenvalue weighted by Crippen LogP contribution is -2.53. The first-order valence-corrected chi connectivity index (χ1v) is 6.69. The number of nitrogens with zero attached hydrogens (tertiary/aromatic N) is 1. The third kappa shape index (κ3) is 4.28. The SMILES string of the molecule is CNCCC(=O)NCC1(N(C)C)CCCCC1. The summed E-state index contributed by atoms with van der Waals surface area (Å²) in [5.41, 5.74) is 0.188. The zero-order chi connectivity index (χ0) is 12.7. The predicted octanol–water partition coefficient (Wildman–Crippen LogP) is 0.977. The Labute approximate surface area is 105 Å². The van der Waals surface area contributed by atoms with Crippen LogP contribution in [0.15, 0.2) is 0 Å². The maximum atomic E-state index is 11.6. The molecule has 0 aliphatic heterocycles. The van der Waals surface area contributed by atoms with Gasteiger partial charge >= 0.3 is 0 Å². The van der Waals surface area contributed by atoms with Crippen molar-refractivity contribution >= 4 is 5.91 Å². The van der Waals surface area contributed by atoms with E-state index in [1.165, 1.54) is 32.1 Å². The normalized spacial score (nSPS) is 19.3. The van der Waals surface area contributed by atoms with Gasteiger partial charge in [-0.2, -0.15) is 0 Å². The van der Waals surface area contributed by atoms with Crippen LogP contribution in [-0.2, 0) is 4.79 Å². The average Bonchev–Trinajstić information content (AvgIpc) is 2.34. The highest BCUT2D eigenvalue weighted by molar-refractivity contribution is 5.76. The molecule has 2 N–H and O–H groups in total. The van der Waals surface area contributed by atoms with Crippen LogP contribution in [0.3, 0.4) is 0 Å². The van der Waals surface area contributed by atoms with Crippen molar-refractivity contribution in [3.63, 3.8) is 0 Å². The monoisotopic (exact) mass is 241 g/mol. The second-order valence-electron chi connectivity index (χ2n) is 5.31. The summed E-state index contributed by atoms with van der Waals surface area (Å²) in [6.07, 6.45) is 6.87. The number of amides is 1. The third-order valence-corrected chi connectivity index (χ3v) is 3.95. The van der Waals surface area contributed by atoms with E-state index in [1.807, 2.05) is 7.05 Å². The predicted molar refractivity (Wildman–Crippen MR) is 71.1 cm³/mol. The first-order valence-electron chi connectivity index (χ1n) is 6.69. The number of rotatable bonds is 6. The molecule has 0 heterocycles. The fourth-order valence-electron chi connectivity index (χ4n) is 2.58. The summed E-state index contributed by atoms with van der Waals surface area (Å²) < 4.78 is 0. The van der Waals surface area contributed by atoms with Gasteiger partial charge in [-0.3, -0.25) is 4.79 Å². The van der Waals surface area contributed by atoms with Gasteiger partial charge in [-0.25, -0.2) is 0 Å². The average molecular weight is 241 g/mol. The Bertz CT molecular complexity index is 235. The van der Waals surface area contributed by atoms with Gasteiger partial charge in [0.2, 0.25) is 5.91 Å². The lowest BCUT2D eigenvalue weighted by molar-refractivity contribution is -0.121. The lowest BCUT2D eigenvalue weighted by Gasteiger charge is -2.43. The van der Waals surface area contributed by atoms with Crippen LogP contribution in [0.5, 0.6) is 0 Å². The summed E-state index contributed by atoms with van der Waals surface area (Å²) in [5.74, 6) is 0.158. The van der Waals surface area contributed by atoms with E-state index in [4.69, 9.17) is 0 Å². The molecular weight excluding hydrogens is 214 g/mol. The van der Waals surface area contributed by atoms with Gasteiger partial charge < -0.3 is 15.5 Å². The number of likely N-dealkylation sites (N-methyl/N-ethyl adjacent to an activating group) is 1. The molecule has 17 heavy (non-hydrogen) atoms. The summed E-state index contributed by atoms with van der Waals surface area (Å²) in [6.45, 7) is 1.54. The van der Waals surface area contributed by atoms with Crippen LogP contribution < -0.4 is 10.6 Å². The molecule has 100 valence electrons. The molecule has 0 aromatic rings. The Morgan fingerprint density at radius 3 is 2.41 bits per heavy atom. The molecule has 1 aliphatic rings. The van der Waals surface area contributed by atoms with Crippen LogP contribution in [-0.4, -0.2) is 50.6 Å². The van der Waals surface area contributed by atoms with Gasteiger partial charge in [-0.1, -0.05) is 19.3 Å². The Balaban J connectivity index is 2.41. The fraction of sp³-hybridized carbons (Fsp3) is 0.923. The molecule has 4 heteroatoms. The first kappa shape index (κ1) is 14.5. The Hall–Kier alpha value is -0.610. The van der Waals surface area contributed by atoms with Crippen LogP contribution in [0, 0.1) is 0 Å². The molecule has 0 saturated heterocycles. The van der Waals surface area contributed by atoms with E-state index in [0.717, 1.165) is 13.1 Å². The fourth-order valence-corrected chi connectivity index (χ4v) is 2.58. The van der Waals surface area contributed by atoms with Crippen LogP contribution >= 0.6 is 0 Å². The van der Waals surface area contributed by atoms with E-state index in [1.54, 1.807) is 0 Å². The molecular formula is C13H27N3O. The smallest absolute Gasteiger partial charge is 0.221 e. The summed E-state index contributed by atoms with van der Waals surface area (Å²) in [7, 11) is 6.13. The summed E-state index contributed by atoms with van der Waals surface area (Å²) >= 11 is 0. The largest absolute Gasteiger partial charge is 0.354 e. The molecule has 1 aliphatic carbocycles. The molecule has 0 aromatic heterocycles. The molecule has 0 unspecified atom stereocenters. The second kappa shape index (κ2) is 6.97. The second-order valence-corrected chi connectivity index (χ2v) is 5.31. The minimum Gasteiger partial charge on any atom is -0.354 e. The number of hydrogen-bond donors (Lipinski definition) is 2. The minimum atomic E-state index is 0.158.